The number of ether oxygens (including phenoxy) is 1. The summed E-state index contributed by atoms with van der Waals surface area (Å²) < 4.78 is 5.54. The standard InChI is InChI=1S/C16H28N4O/c1-5-21-16-9-15(18-13(4)19-16)20-8-6-7-14(20)11-17-10-12(2)3/h9,12,14,17H,5-8,10-11H2,1-4H3. The minimum absolute atomic E-state index is 0.521. The molecule has 2 heterocycles. The van der Waals surface area contributed by atoms with E-state index in [1.54, 1.807) is 0 Å². The van der Waals surface area contributed by atoms with Crippen molar-refractivity contribution in [1.82, 2.24) is 15.3 Å². The van der Waals surface area contributed by atoms with E-state index in [-0.39, 0.29) is 0 Å². The molecule has 1 unspecified atom stereocenters. The van der Waals surface area contributed by atoms with Crippen molar-refractivity contribution in [2.45, 2.75) is 46.6 Å². The van der Waals surface area contributed by atoms with Gasteiger partial charge in [-0.1, -0.05) is 13.8 Å². The van der Waals surface area contributed by atoms with Crippen LogP contribution in [0.25, 0.3) is 0 Å². The highest BCUT2D eigenvalue weighted by atomic mass is 16.5. The summed E-state index contributed by atoms with van der Waals surface area (Å²) in [5.41, 5.74) is 0. The molecule has 2 rings (SSSR count). The second-order valence-electron chi connectivity index (χ2n) is 6.09. The molecule has 0 amide bonds. The molecule has 1 aliphatic rings. The Morgan fingerprint density at radius 1 is 1.43 bits per heavy atom. The van der Waals surface area contributed by atoms with Crippen LogP contribution >= 0.6 is 0 Å². The molecule has 5 nitrogen and oxygen atoms in total. The molecule has 1 atom stereocenters. The molecule has 0 aromatic carbocycles. The van der Waals surface area contributed by atoms with Gasteiger partial charge in [-0.05, 0) is 39.2 Å². The van der Waals surface area contributed by atoms with E-state index in [9.17, 15) is 0 Å². The van der Waals surface area contributed by atoms with E-state index in [2.05, 4.69) is 34.0 Å². The predicted octanol–water partition coefficient (Wildman–Crippen LogP) is 2.40. The number of nitrogens with zero attached hydrogens (tertiary/aromatic N) is 3. The molecule has 1 aliphatic heterocycles. The highest BCUT2D eigenvalue weighted by molar-refractivity contribution is 5.44. The van der Waals surface area contributed by atoms with Gasteiger partial charge < -0.3 is 15.0 Å². The summed E-state index contributed by atoms with van der Waals surface area (Å²) >= 11 is 0. The van der Waals surface area contributed by atoms with Gasteiger partial charge in [-0.2, -0.15) is 4.98 Å². The molecule has 0 spiro atoms. The van der Waals surface area contributed by atoms with Gasteiger partial charge in [0, 0.05) is 25.2 Å². The monoisotopic (exact) mass is 292 g/mol. The van der Waals surface area contributed by atoms with E-state index in [4.69, 9.17) is 4.74 Å². The minimum atomic E-state index is 0.521. The SMILES string of the molecule is CCOc1cc(N2CCCC2CNCC(C)C)nc(C)n1. The van der Waals surface area contributed by atoms with Crippen LogP contribution in [0, 0.1) is 12.8 Å². The maximum absolute atomic E-state index is 5.54. The van der Waals surface area contributed by atoms with Crippen LogP contribution in [0.3, 0.4) is 0 Å². The van der Waals surface area contributed by atoms with Gasteiger partial charge in [0.05, 0.1) is 6.61 Å². The number of aryl methyl sites for hydroxylation is 1. The Hall–Kier alpha value is -1.36. The molecule has 1 fully saturated rings. The van der Waals surface area contributed by atoms with Crippen molar-refractivity contribution in [2.24, 2.45) is 5.92 Å². The molecule has 1 aromatic heterocycles. The molecular formula is C16H28N4O. The molecule has 118 valence electrons. The van der Waals surface area contributed by atoms with Crippen molar-refractivity contribution in [3.63, 3.8) is 0 Å². The summed E-state index contributed by atoms with van der Waals surface area (Å²) in [6.45, 7) is 12.2. The second-order valence-corrected chi connectivity index (χ2v) is 6.09. The molecule has 1 N–H and O–H groups in total. The number of aromatic nitrogens is 2. The Bertz CT molecular complexity index is 450. The normalized spacial score (nSPS) is 18.5. The first kappa shape index (κ1) is 16.0. The van der Waals surface area contributed by atoms with Crippen LogP contribution in [0.5, 0.6) is 5.88 Å². The van der Waals surface area contributed by atoms with Crippen LogP contribution < -0.4 is 15.0 Å². The van der Waals surface area contributed by atoms with E-state index < -0.39 is 0 Å². The zero-order chi connectivity index (χ0) is 15.2. The third-order valence-corrected chi connectivity index (χ3v) is 3.70. The average molecular weight is 292 g/mol. The van der Waals surface area contributed by atoms with Gasteiger partial charge in [-0.3, -0.25) is 0 Å². The van der Waals surface area contributed by atoms with Crippen LogP contribution in [0.15, 0.2) is 6.07 Å². The van der Waals surface area contributed by atoms with Crippen molar-refractivity contribution in [1.29, 1.82) is 0 Å². The van der Waals surface area contributed by atoms with Crippen LogP contribution in [0.4, 0.5) is 5.82 Å². The van der Waals surface area contributed by atoms with Gasteiger partial charge in [0.2, 0.25) is 5.88 Å². The van der Waals surface area contributed by atoms with Crippen LogP contribution in [-0.2, 0) is 0 Å². The van der Waals surface area contributed by atoms with E-state index in [1.165, 1.54) is 12.8 Å². The number of anilines is 1. The Labute approximate surface area is 128 Å². The molecule has 0 radical (unpaired) electrons. The zero-order valence-corrected chi connectivity index (χ0v) is 13.7. The first-order valence-electron chi connectivity index (χ1n) is 8.06. The van der Waals surface area contributed by atoms with Gasteiger partial charge in [-0.25, -0.2) is 4.98 Å². The molecule has 0 bridgehead atoms. The maximum atomic E-state index is 5.54. The minimum Gasteiger partial charge on any atom is -0.478 e. The topological polar surface area (TPSA) is 50.3 Å². The molecule has 0 saturated carbocycles. The van der Waals surface area contributed by atoms with Gasteiger partial charge in [0.1, 0.15) is 11.6 Å². The highest BCUT2D eigenvalue weighted by Gasteiger charge is 2.26. The predicted molar refractivity (Wildman–Crippen MR) is 86.0 cm³/mol. The van der Waals surface area contributed by atoms with Gasteiger partial charge >= 0.3 is 0 Å². The molecule has 1 saturated heterocycles. The van der Waals surface area contributed by atoms with Crippen molar-refractivity contribution in [2.75, 3.05) is 31.1 Å². The van der Waals surface area contributed by atoms with E-state index in [0.717, 1.165) is 31.3 Å². The Kier molecular flexibility index (Phi) is 5.79. The zero-order valence-electron chi connectivity index (χ0n) is 13.7. The molecular weight excluding hydrogens is 264 g/mol. The lowest BCUT2D eigenvalue weighted by atomic mass is 10.2. The van der Waals surface area contributed by atoms with Crippen LogP contribution in [0.1, 0.15) is 39.4 Å². The van der Waals surface area contributed by atoms with Crippen LogP contribution in [0.2, 0.25) is 0 Å². The highest BCUT2D eigenvalue weighted by Crippen LogP contribution is 2.26. The number of hydrogen-bond donors (Lipinski definition) is 1. The fourth-order valence-electron chi connectivity index (χ4n) is 2.78. The van der Waals surface area contributed by atoms with E-state index in [1.807, 2.05) is 19.9 Å². The third-order valence-electron chi connectivity index (χ3n) is 3.70. The summed E-state index contributed by atoms with van der Waals surface area (Å²) in [7, 11) is 0. The summed E-state index contributed by atoms with van der Waals surface area (Å²) in [6.07, 6.45) is 2.44. The Morgan fingerprint density at radius 2 is 2.24 bits per heavy atom. The Morgan fingerprint density at radius 3 is 2.95 bits per heavy atom. The summed E-state index contributed by atoms with van der Waals surface area (Å²) in [4.78, 5) is 11.3. The van der Waals surface area contributed by atoms with Crippen LogP contribution in [-0.4, -0.2) is 42.3 Å². The lowest BCUT2D eigenvalue weighted by Gasteiger charge is -2.26. The quantitative estimate of drug-likeness (QED) is 0.836. The smallest absolute Gasteiger partial charge is 0.218 e. The van der Waals surface area contributed by atoms with Crippen molar-refractivity contribution in [3.8, 4) is 5.88 Å². The van der Waals surface area contributed by atoms with E-state index in [0.29, 0.717) is 24.4 Å². The number of rotatable bonds is 7. The van der Waals surface area contributed by atoms with Gasteiger partial charge in [-0.15, -0.1) is 0 Å². The number of hydrogen-bond acceptors (Lipinski definition) is 5. The van der Waals surface area contributed by atoms with Crippen molar-refractivity contribution < 1.29 is 4.74 Å². The molecule has 1 aromatic rings. The maximum Gasteiger partial charge on any atom is 0.218 e. The average Bonchev–Trinajstić information content (AvgIpc) is 2.86. The summed E-state index contributed by atoms with van der Waals surface area (Å²) in [5.74, 6) is 3.14. The lowest BCUT2D eigenvalue weighted by molar-refractivity contribution is 0.325. The molecule has 5 heteroatoms. The fourth-order valence-corrected chi connectivity index (χ4v) is 2.78. The third kappa shape index (κ3) is 4.56. The Balaban J connectivity index is 2.04. The largest absolute Gasteiger partial charge is 0.478 e. The van der Waals surface area contributed by atoms with E-state index >= 15 is 0 Å². The van der Waals surface area contributed by atoms with Gasteiger partial charge in [0.25, 0.3) is 0 Å². The van der Waals surface area contributed by atoms with Gasteiger partial charge in [0.15, 0.2) is 0 Å². The number of nitrogens with one attached hydrogen (secondary N) is 1. The van der Waals surface area contributed by atoms with Crippen molar-refractivity contribution >= 4 is 5.82 Å². The van der Waals surface area contributed by atoms with Crippen molar-refractivity contribution in [3.05, 3.63) is 11.9 Å². The summed E-state index contributed by atoms with van der Waals surface area (Å²) in [6, 6.07) is 2.49. The summed E-state index contributed by atoms with van der Waals surface area (Å²) in [5, 5.41) is 3.56. The second kappa shape index (κ2) is 7.59. The first-order chi connectivity index (χ1) is 10.1. The first-order valence-corrected chi connectivity index (χ1v) is 8.06. The molecule has 21 heavy (non-hydrogen) atoms. The fraction of sp³-hybridized carbons (Fsp3) is 0.750. The molecule has 0 aliphatic carbocycles. The lowest BCUT2D eigenvalue weighted by Crippen LogP contribution is -2.39.